The molecule has 0 unspecified atom stereocenters. The number of nitrogens with zero attached hydrogens (tertiary/aromatic N) is 2. The summed E-state index contributed by atoms with van der Waals surface area (Å²) in [6.07, 6.45) is 6.29. The molecule has 8 nitrogen and oxygen atoms in total. The zero-order chi connectivity index (χ0) is 24.0. The Labute approximate surface area is 194 Å². The van der Waals surface area contributed by atoms with Gasteiger partial charge in [0, 0.05) is 11.1 Å². The normalized spacial score (nSPS) is 18.5. The lowest BCUT2D eigenvalue weighted by molar-refractivity contribution is -0.485. The van der Waals surface area contributed by atoms with Crippen molar-refractivity contribution in [3.63, 3.8) is 0 Å². The zero-order valence-electron chi connectivity index (χ0n) is 19.7. The third-order valence-corrected chi connectivity index (χ3v) is 5.68. The predicted molar refractivity (Wildman–Crippen MR) is 125 cm³/mol. The minimum atomic E-state index is -0.672. The second-order valence-electron chi connectivity index (χ2n) is 9.24. The molecule has 0 radical (unpaired) electrons. The van der Waals surface area contributed by atoms with Gasteiger partial charge in [0.1, 0.15) is 17.1 Å². The first kappa shape index (κ1) is 24.4. The predicted octanol–water partition coefficient (Wildman–Crippen LogP) is 6.16. The highest BCUT2D eigenvalue weighted by Gasteiger charge is 2.35. The molecule has 1 fully saturated rings. The van der Waals surface area contributed by atoms with Crippen LogP contribution >= 0.6 is 0 Å². The molecule has 0 saturated heterocycles. The first-order valence-corrected chi connectivity index (χ1v) is 11.2. The lowest BCUT2D eigenvalue weighted by atomic mass is 9.75. The third kappa shape index (κ3) is 6.60. The van der Waals surface area contributed by atoms with Crippen molar-refractivity contribution in [3.8, 4) is 5.75 Å². The topological polar surface area (TPSA) is 95.0 Å². The molecule has 1 aliphatic carbocycles. The van der Waals surface area contributed by atoms with Crippen LogP contribution in [-0.4, -0.2) is 30.3 Å². The van der Waals surface area contributed by atoms with Crippen LogP contribution in [0, 0.1) is 16.0 Å². The third-order valence-electron chi connectivity index (χ3n) is 5.68. The zero-order valence-corrected chi connectivity index (χ0v) is 19.7. The molecule has 1 aliphatic rings. The molecule has 0 aliphatic heterocycles. The molecule has 1 heterocycles. The van der Waals surface area contributed by atoms with Crippen LogP contribution in [0.2, 0.25) is 0 Å². The number of anilines is 1. The smallest absolute Gasteiger partial charge is 0.418 e. The highest BCUT2D eigenvalue weighted by Crippen LogP contribution is 2.41. The summed E-state index contributed by atoms with van der Waals surface area (Å²) in [5, 5.41) is 11.5. The van der Waals surface area contributed by atoms with Crippen molar-refractivity contribution in [2.45, 2.75) is 58.0 Å². The summed E-state index contributed by atoms with van der Waals surface area (Å²) in [5.74, 6) is 0.754. The molecular formula is C25H32N2O6. The van der Waals surface area contributed by atoms with Crippen LogP contribution in [0.3, 0.4) is 0 Å². The number of hydrogen-bond donors (Lipinski definition) is 0. The average Bonchev–Trinajstić information content (AvgIpc) is 3.29. The minimum Gasteiger partial charge on any atom is -0.497 e. The number of allylic oxidation sites excluding steroid dienone is 1. The van der Waals surface area contributed by atoms with Gasteiger partial charge in [0.15, 0.2) is 0 Å². The Kier molecular flexibility index (Phi) is 7.79. The van der Waals surface area contributed by atoms with Crippen LogP contribution in [0.5, 0.6) is 5.75 Å². The van der Waals surface area contributed by atoms with E-state index in [1.165, 1.54) is 4.90 Å². The van der Waals surface area contributed by atoms with E-state index < -0.39 is 17.6 Å². The minimum absolute atomic E-state index is 0.113. The van der Waals surface area contributed by atoms with Gasteiger partial charge in [0.2, 0.25) is 6.54 Å². The molecule has 8 heteroatoms. The number of nitro groups is 1. The van der Waals surface area contributed by atoms with Crippen LogP contribution in [0.15, 0.2) is 58.9 Å². The van der Waals surface area contributed by atoms with Gasteiger partial charge >= 0.3 is 6.09 Å². The number of hydrogen-bond acceptors (Lipinski definition) is 6. The maximum Gasteiger partial charge on any atom is 0.418 e. The fourth-order valence-electron chi connectivity index (χ4n) is 4.21. The van der Waals surface area contributed by atoms with Gasteiger partial charge < -0.3 is 13.9 Å². The Morgan fingerprint density at radius 3 is 2.58 bits per heavy atom. The first-order valence-electron chi connectivity index (χ1n) is 11.2. The van der Waals surface area contributed by atoms with Crippen LogP contribution in [0.1, 0.15) is 58.1 Å². The molecule has 2 atom stereocenters. The summed E-state index contributed by atoms with van der Waals surface area (Å²) in [4.78, 5) is 25.8. The Balaban J connectivity index is 2.01. The van der Waals surface area contributed by atoms with Crippen molar-refractivity contribution in [3.05, 3.63) is 70.3 Å². The van der Waals surface area contributed by atoms with E-state index in [1.807, 2.05) is 20.8 Å². The van der Waals surface area contributed by atoms with E-state index in [0.717, 1.165) is 31.3 Å². The SMILES string of the molecule is COc1ccc(N(C=C2CCCC[C@H]2[C@@H](C[N+](=O)[O-])c2ccco2)C(=O)OC(C)(C)C)cc1. The van der Waals surface area contributed by atoms with Crippen molar-refractivity contribution in [2.75, 3.05) is 18.6 Å². The lowest BCUT2D eigenvalue weighted by Crippen LogP contribution is -2.35. The molecule has 33 heavy (non-hydrogen) atoms. The van der Waals surface area contributed by atoms with Gasteiger partial charge in [0.05, 0.1) is 25.0 Å². The van der Waals surface area contributed by atoms with Crippen molar-refractivity contribution in [1.82, 2.24) is 0 Å². The molecule has 0 bridgehead atoms. The first-order chi connectivity index (χ1) is 15.7. The summed E-state index contributed by atoms with van der Waals surface area (Å²) in [6.45, 7) is 5.22. The number of amides is 1. The maximum absolute atomic E-state index is 13.2. The number of rotatable bonds is 7. The standard InChI is InChI=1S/C25H32N2O6/c1-25(2,3)33-24(28)26(19-11-13-20(31-4)14-12-19)16-18-8-5-6-9-21(18)22(17-27(29)30)23-10-7-15-32-23/h7,10-16,21-22H,5-6,8-9,17H2,1-4H3/t21-,22-/m1/s1. The fraction of sp³-hybridized carbons (Fsp3) is 0.480. The molecule has 1 aromatic carbocycles. The second-order valence-corrected chi connectivity index (χ2v) is 9.24. The monoisotopic (exact) mass is 456 g/mol. The summed E-state index contributed by atoms with van der Waals surface area (Å²) in [7, 11) is 1.58. The van der Waals surface area contributed by atoms with E-state index in [4.69, 9.17) is 13.9 Å². The van der Waals surface area contributed by atoms with E-state index in [9.17, 15) is 14.9 Å². The molecule has 0 spiro atoms. The maximum atomic E-state index is 13.2. The summed E-state index contributed by atoms with van der Waals surface area (Å²) in [6, 6.07) is 10.7. The number of carbonyl (C=O) groups is 1. The van der Waals surface area contributed by atoms with E-state index in [1.54, 1.807) is 56.0 Å². The van der Waals surface area contributed by atoms with Gasteiger partial charge in [-0.3, -0.25) is 15.0 Å². The fourth-order valence-corrected chi connectivity index (χ4v) is 4.21. The highest BCUT2D eigenvalue weighted by molar-refractivity contribution is 5.90. The van der Waals surface area contributed by atoms with E-state index in [2.05, 4.69) is 0 Å². The highest BCUT2D eigenvalue weighted by atomic mass is 16.6. The Morgan fingerprint density at radius 1 is 1.27 bits per heavy atom. The number of ether oxygens (including phenoxy) is 2. The molecular weight excluding hydrogens is 424 g/mol. The van der Waals surface area contributed by atoms with Gasteiger partial charge in [-0.1, -0.05) is 6.42 Å². The largest absolute Gasteiger partial charge is 0.497 e. The second kappa shape index (κ2) is 10.6. The summed E-state index contributed by atoms with van der Waals surface area (Å²) in [5.41, 5.74) is 0.936. The van der Waals surface area contributed by atoms with Crippen molar-refractivity contribution in [1.29, 1.82) is 0 Å². The van der Waals surface area contributed by atoms with Gasteiger partial charge in [-0.15, -0.1) is 0 Å². The molecule has 3 rings (SSSR count). The number of furan rings is 1. The molecule has 2 aromatic rings. The average molecular weight is 457 g/mol. The van der Waals surface area contributed by atoms with Gasteiger partial charge in [0.25, 0.3) is 0 Å². The van der Waals surface area contributed by atoms with Crippen LogP contribution in [-0.2, 0) is 4.74 Å². The quantitative estimate of drug-likeness (QED) is 0.365. The Bertz CT molecular complexity index is 960. The summed E-state index contributed by atoms with van der Waals surface area (Å²) >= 11 is 0. The van der Waals surface area contributed by atoms with Gasteiger partial charge in [-0.2, -0.15) is 0 Å². The van der Waals surface area contributed by atoms with Gasteiger partial charge in [-0.25, -0.2) is 4.79 Å². The summed E-state index contributed by atoms with van der Waals surface area (Å²) < 4.78 is 16.5. The van der Waals surface area contributed by atoms with Crippen LogP contribution in [0.25, 0.3) is 0 Å². The number of methoxy groups -OCH3 is 1. The Hall–Kier alpha value is -3.29. The van der Waals surface area contributed by atoms with Crippen LogP contribution in [0.4, 0.5) is 10.5 Å². The van der Waals surface area contributed by atoms with Crippen molar-refractivity contribution >= 4 is 11.8 Å². The van der Waals surface area contributed by atoms with E-state index in [0.29, 0.717) is 17.2 Å². The van der Waals surface area contributed by atoms with Gasteiger partial charge in [-0.05, 0) is 87.9 Å². The van der Waals surface area contributed by atoms with E-state index >= 15 is 0 Å². The van der Waals surface area contributed by atoms with Crippen LogP contribution < -0.4 is 9.64 Å². The van der Waals surface area contributed by atoms with Crippen molar-refractivity contribution < 1.29 is 23.6 Å². The molecule has 1 aromatic heterocycles. The number of carbonyl (C=O) groups excluding carboxylic acids is 1. The molecule has 178 valence electrons. The molecule has 1 amide bonds. The number of benzene rings is 1. The lowest BCUT2D eigenvalue weighted by Gasteiger charge is -2.32. The molecule has 1 saturated carbocycles. The molecule has 0 N–H and O–H groups in total. The Morgan fingerprint density at radius 2 is 2.00 bits per heavy atom. The van der Waals surface area contributed by atoms with E-state index in [-0.39, 0.29) is 17.4 Å². The van der Waals surface area contributed by atoms with Crippen molar-refractivity contribution in [2.24, 2.45) is 5.92 Å².